The van der Waals surface area contributed by atoms with Crippen LogP contribution in [0.5, 0.6) is 0 Å². The molecule has 0 radical (unpaired) electrons. The Morgan fingerprint density at radius 1 is 0.500 bits per heavy atom. The van der Waals surface area contributed by atoms with Gasteiger partial charge in [-0.15, -0.1) is 0 Å². The number of azo groups is 1. The number of hydrogen-bond acceptors (Lipinski definition) is 4. The minimum atomic E-state index is -3.34. The lowest BCUT2D eigenvalue weighted by Gasteiger charge is -2.56. The predicted octanol–water partition coefficient (Wildman–Crippen LogP) is 7.72. The number of rotatable bonds is 5. The van der Waals surface area contributed by atoms with Crippen LogP contribution in [0.25, 0.3) is 0 Å². The minimum Gasteiger partial charge on any atom is -0.499 e. The van der Waals surface area contributed by atoms with E-state index in [1.807, 2.05) is 91.0 Å². The molecule has 40 heavy (non-hydrogen) atoms. The second-order valence-corrected chi connectivity index (χ2v) is 22.5. The molecule has 8 heteroatoms. The van der Waals surface area contributed by atoms with Gasteiger partial charge in [-0.05, 0) is 30.7 Å². The molecule has 6 nitrogen and oxygen atoms in total. The molecule has 0 atom stereocenters. The first kappa shape index (κ1) is 31.2. The van der Waals surface area contributed by atoms with Crippen molar-refractivity contribution in [3.63, 3.8) is 0 Å². The van der Waals surface area contributed by atoms with Gasteiger partial charge in [0.2, 0.25) is 0 Å². The van der Waals surface area contributed by atoms with Crippen LogP contribution in [0.2, 0.25) is 15.1 Å². The Morgan fingerprint density at radius 3 is 1.05 bits per heavy atom. The fraction of sp³-hybridized carbons (Fsp3) is 0.375. The van der Waals surface area contributed by atoms with Gasteiger partial charge in [-0.25, -0.2) is 9.59 Å². The van der Waals surface area contributed by atoms with Crippen LogP contribution < -0.4 is 15.6 Å². The third-order valence-corrected chi connectivity index (χ3v) is 18.1. The van der Waals surface area contributed by atoms with Crippen molar-refractivity contribution in [3.05, 3.63) is 91.0 Å². The van der Waals surface area contributed by atoms with Gasteiger partial charge in [0.05, 0.1) is 0 Å². The van der Waals surface area contributed by atoms with E-state index in [9.17, 15) is 9.59 Å². The molecule has 0 N–H and O–H groups in total. The third kappa shape index (κ3) is 6.03. The molecular formula is C32H42N2O4Si2. The molecule has 0 aliphatic rings. The van der Waals surface area contributed by atoms with E-state index in [2.05, 4.69) is 72.5 Å². The normalized spacial score (nSPS) is 13.2. The van der Waals surface area contributed by atoms with Crippen molar-refractivity contribution in [2.24, 2.45) is 10.2 Å². The number of nitrogens with zero attached hydrogens (tertiary/aromatic N) is 2. The summed E-state index contributed by atoms with van der Waals surface area (Å²) in [4.78, 5) is 26.6. The van der Waals surface area contributed by atoms with Gasteiger partial charge < -0.3 is 8.85 Å². The van der Waals surface area contributed by atoms with E-state index in [1.54, 1.807) is 0 Å². The summed E-state index contributed by atoms with van der Waals surface area (Å²) in [5, 5.41) is 9.24. The van der Waals surface area contributed by atoms with Crippen LogP contribution in [0, 0.1) is 0 Å². The Kier molecular flexibility index (Phi) is 9.06. The SMILES string of the molecule is CC(C)(C)[Si](OC(=O)N=NC(=O)O[Si](c1ccccc1)(c1ccccc1)c1ccccc1)(C(C)(C)C)C(C)(C)C. The maximum Gasteiger partial charge on any atom is 0.439 e. The van der Waals surface area contributed by atoms with E-state index >= 15 is 0 Å². The van der Waals surface area contributed by atoms with Crippen molar-refractivity contribution in [3.8, 4) is 0 Å². The van der Waals surface area contributed by atoms with Crippen molar-refractivity contribution in [1.29, 1.82) is 0 Å². The first-order valence-corrected chi connectivity index (χ1v) is 17.4. The molecule has 0 heterocycles. The fourth-order valence-electron chi connectivity index (χ4n) is 6.91. The van der Waals surface area contributed by atoms with Gasteiger partial charge in [0.1, 0.15) is 0 Å². The molecule has 0 aliphatic carbocycles. The first-order valence-electron chi connectivity index (χ1n) is 13.6. The Labute approximate surface area is 241 Å². The van der Waals surface area contributed by atoms with E-state index in [4.69, 9.17) is 8.85 Å². The smallest absolute Gasteiger partial charge is 0.439 e. The minimum absolute atomic E-state index is 0.300. The molecule has 0 unspecified atom stereocenters. The Balaban J connectivity index is 2.04. The summed E-state index contributed by atoms with van der Waals surface area (Å²) in [6.07, 6.45) is -1.80. The molecular weight excluding hydrogens is 533 g/mol. The monoisotopic (exact) mass is 574 g/mol. The first-order chi connectivity index (χ1) is 18.6. The van der Waals surface area contributed by atoms with Crippen molar-refractivity contribution in [2.45, 2.75) is 77.4 Å². The highest BCUT2D eigenvalue weighted by molar-refractivity contribution is 7.07. The van der Waals surface area contributed by atoms with Gasteiger partial charge in [0, 0.05) is 0 Å². The van der Waals surface area contributed by atoms with Crippen LogP contribution in [0.15, 0.2) is 101 Å². The summed E-state index contributed by atoms with van der Waals surface area (Å²) in [5.74, 6) is 0. The summed E-state index contributed by atoms with van der Waals surface area (Å²) in [6, 6.07) is 29.1. The predicted molar refractivity (Wildman–Crippen MR) is 167 cm³/mol. The van der Waals surface area contributed by atoms with E-state index in [1.165, 1.54) is 0 Å². The highest BCUT2D eigenvalue weighted by Crippen LogP contribution is 2.62. The number of benzene rings is 3. The molecule has 0 fully saturated rings. The summed E-state index contributed by atoms with van der Waals surface area (Å²) in [5.41, 5.74) is 0. The zero-order chi connectivity index (χ0) is 29.8. The molecule has 0 spiro atoms. The molecule has 0 aliphatic heterocycles. The van der Waals surface area contributed by atoms with Crippen LogP contribution in [-0.2, 0) is 8.85 Å². The van der Waals surface area contributed by atoms with Crippen LogP contribution in [-0.4, -0.2) is 28.8 Å². The van der Waals surface area contributed by atoms with Crippen LogP contribution in [0.1, 0.15) is 62.3 Å². The van der Waals surface area contributed by atoms with Gasteiger partial charge in [0.25, 0.3) is 8.32 Å². The van der Waals surface area contributed by atoms with Gasteiger partial charge in [-0.3, -0.25) is 0 Å². The van der Waals surface area contributed by atoms with Crippen molar-refractivity contribution in [2.75, 3.05) is 0 Å². The molecule has 0 bridgehead atoms. The van der Waals surface area contributed by atoms with Crippen LogP contribution >= 0.6 is 0 Å². The summed E-state index contributed by atoms with van der Waals surface area (Å²) in [6.45, 7) is 18.9. The average Bonchev–Trinajstić information content (AvgIpc) is 2.88. The van der Waals surface area contributed by atoms with E-state index in [0.29, 0.717) is 0 Å². The maximum atomic E-state index is 13.4. The van der Waals surface area contributed by atoms with Crippen LogP contribution in [0.3, 0.4) is 0 Å². The highest BCUT2D eigenvalue weighted by atomic mass is 28.4. The molecule has 3 rings (SSSR count). The topological polar surface area (TPSA) is 77.3 Å². The largest absolute Gasteiger partial charge is 0.499 e. The Hall–Kier alpha value is -3.37. The lowest BCUT2D eigenvalue weighted by atomic mass is 10.2. The molecule has 0 aromatic heterocycles. The number of amides is 2. The average molecular weight is 575 g/mol. The lowest BCUT2D eigenvalue weighted by Crippen LogP contribution is -2.69. The van der Waals surface area contributed by atoms with Gasteiger partial charge >= 0.3 is 20.5 Å². The Morgan fingerprint density at radius 2 is 0.775 bits per heavy atom. The molecule has 0 saturated heterocycles. The number of carbonyl (C=O) groups excluding carboxylic acids is 2. The standard InChI is InChI=1S/C32H42N2O4Si2/c1-30(2,3)40(31(4,5)6,32(7,8)9)38-29(36)34-33-28(35)37-39(25-19-13-10-14-20-25,26-21-15-11-16-22-26)27-23-17-12-18-24-27/h10-24H,1-9H3. The van der Waals surface area contributed by atoms with Gasteiger partial charge in [-0.1, -0.05) is 164 Å². The molecule has 212 valence electrons. The molecule has 2 amide bonds. The Bertz CT molecular complexity index is 1190. The quantitative estimate of drug-likeness (QED) is 0.178. The number of carbonyl (C=O) groups is 2. The van der Waals surface area contributed by atoms with Gasteiger partial charge in [-0.2, -0.15) is 0 Å². The zero-order valence-corrected chi connectivity index (χ0v) is 27.2. The van der Waals surface area contributed by atoms with E-state index < -0.39 is 28.8 Å². The highest BCUT2D eigenvalue weighted by Gasteiger charge is 2.64. The van der Waals surface area contributed by atoms with Crippen molar-refractivity contribution >= 4 is 44.4 Å². The molecule has 3 aromatic carbocycles. The number of hydrogen-bond donors (Lipinski definition) is 0. The zero-order valence-electron chi connectivity index (χ0n) is 25.2. The fourth-order valence-corrected chi connectivity index (χ4v) is 18.5. The molecule has 0 saturated carbocycles. The van der Waals surface area contributed by atoms with Crippen LogP contribution in [0.4, 0.5) is 9.59 Å². The summed E-state index contributed by atoms with van der Waals surface area (Å²) in [7, 11) is -6.23. The van der Waals surface area contributed by atoms with E-state index in [-0.39, 0.29) is 15.1 Å². The summed E-state index contributed by atoms with van der Waals surface area (Å²) < 4.78 is 12.6. The van der Waals surface area contributed by atoms with Crippen molar-refractivity contribution < 1.29 is 18.4 Å². The summed E-state index contributed by atoms with van der Waals surface area (Å²) >= 11 is 0. The van der Waals surface area contributed by atoms with E-state index in [0.717, 1.165) is 15.6 Å². The second kappa shape index (κ2) is 11.6. The molecule has 3 aromatic rings. The van der Waals surface area contributed by atoms with Crippen molar-refractivity contribution in [1.82, 2.24) is 0 Å². The maximum absolute atomic E-state index is 13.4. The third-order valence-electron chi connectivity index (χ3n) is 7.40. The second-order valence-electron chi connectivity index (χ2n) is 13.1. The lowest BCUT2D eigenvalue weighted by molar-refractivity contribution is 0.189. The van der Waals surface area contributed by atoms with Gasteiger partial charge in [0.15, 0.2) is 0 Å².